The van der Waals surface area contributed by atoms with Crippen molar-refractivity contribution in [2.75, 3.05) is 6.61 Å². The normalized spacial score (nSPS) is 12.0. The second-order valence-corrected chi connectivity index (χ2v) is 12.7. The minimum atomic E-state index is -0.611. The molecule has 0 spiro atoms. The zero-order valence-corrected chi connectivity index (χ0v) is 27.6. The number of carbonyl (C=O) groups excluding carboxylic acids is 1. The van der Waals surface area contributed by atoms with Crippen molar-refractivity contribution in [2.45, 2.75) is 53.0 Å². The minimum Gasteiger partial charge on any atom is -0.394 e. The molecule has 0 saturated carbocycles. The Morgan fingerprint density at radius 2 is 1.64 bits per heavy atom. The van der Waals surface area contributed by atoms with Gasteiger partial charge in [0.1, 0.15) is 5.01 Å². The van der Waals surface area contributed by atoms with Gasteiger partial charge in [0.25, 0.3) is 11.5 Å². The first kappa shape index (κ1) is 32.4. The van der Waals surface area contributed by atoms with Gasteiger partial charge in [0.05, 0.1) is 35.2 Å². The van der Waals surface area contributed by atoms with Crippen molar-refractivity contribution in [1.29, 1.82) is 0 Å². The molecule has 0 unspecified atom stereocenters. The van der Waals surface area contributed by atoms with Crippen molar-refractivity contribution >= 4 is 28.8 Å². The molecular formula is C37H38ClN3O3S. The molecule has 5 rings (SSSR count). The number of thiazole rings is 1. The van der Waals surface area contributed by atoms with E-state index in [-0.39, 0.29) is 24.0 Å². The average Bonchev–Trinajstić information content (AvgIpc) is 3.54. The van der Waals surface area contributed by atoms with Crippen LogP contribution in [0.2, 0.25) is 5.02 Å². The number of aliphatic hydroxyl groups is 1. The van der Waals surface area contributed by atoms with Crippen LogP contribution in [0.3, 0.4) is 0 Å². The Hall–Kier alpha value is -4.04. The van der Waals surface area contributed by atoms with E-state index in [1.54, 1.807) is 10.6 Å². The summed E-state index contributed by atoms with van der Waals surface area (Å²) < 4.78 is 1.77. The lowest BCUT2D eigenvalue weighted by molar-refractivity contribution is 0.0914. The van der Waals surface area contributed by atoms with Crippen LogP contribution in [0.25, 0.3) is 27.5 Å². The van der Waals surface area contributed by atoms with Gasteiger partial charge in [-0.25, -0.2) is 4.98 Å². The summed E-state index contributed by atoms with van der Waals surface area (Å²) in [5.74, 6) is -0.198. The second kappa shape index (κ2) is 14.4. The highest BCUT2D eigenvalue weighted by Gasteiger charge is 2.27. The number of halogens is 1. The molecule has 5 aromatic rings. The quantitative estimate of drug-likeness (QED) is 0.153. The minimum absolute atomic E-state index is 0.158. The number of hydrogen-bond donors (Lipinski definition) is 2. The summed E-state index contributed by atoms with van der Waals surface area (Å²) in [6, 6.07) is 24.0. The van der Waals surface area contributed by atoms with Crippen LogP contribution in [0.1, 0.15) is 66.5 Å². The maximum atomic E-state index is 14.7. The lowest BCUT2D eigenvalue weighted by atomic mass is 9.97. The van der Waals surface area contributed by atoms with Crippen LogP contribution in [0.4, 0.5) is 0 Å². The van der Waals surface area contributed by atoms with Gasteiger partial charge in [0.2, 0.25) is 0 Å². The molecule has 45 heavy (non-hydrogen) atoms. The summed E-state index contributed by atoms with van der Waals surface area (Å²) in [6.07, 6.45) is 1.95. The molecule has 0 bridgehead atoms. The fraction of sp³-hybridized carbons (Fsp3) is 0.270. The van der Waals surface area contributed by atoms with Crippen LogP contribution in [0.5, 0.6) is 0 Å². The molecule has 2 N–H and O–H groups in total. The third-order valence-corrected chi connectivity index (χ3v) is 9.03. The molecule has 0 saturated heterocycles. The lowest BCUT2D eigenvalue weighted by Crippen LogP contribution is -2.35. The van der Waals surface area contributed by atoms with Gasteiger partial charge in [0.15, 0.2) is 0 Å². The average molecular weight is 640 g/mol. The third-order valence-electron chi connectivity index (χ3n) is 7.90. The molecule has 0 fully saturated rings. The summed E-state index contributed by atoms with van der Waals surface area (Å²) in [7, 11) is 0. The van der Waals surface area contributed by atoms with Crippen molar-refractivity contribution in [3.05, 3.63) is 128 Å². The van der Waals surface area contributed by atoms with Crippen molar-refractivity contribution in [2.24, 2.45) is 5.92 Å². The number of benzene rings is 3. The number of aromatic nitrogens is 2. The van der Waals surface area contributed by atoms with Gasteiger partial charge in [-0.2, -0.15) is 0 Å². The van der Waals surface area contributed by atoms with Gasteiger partial charge in [-0.05, 0) is 60.1 Å². The third kappa shape index (κ3) is 6.96. The number of rotatable bonds is 11. The number of nitrogens with zero attached hydrogens (tertiary/aromatic N) is 2. The van der Waals surface area contributed by atoms with E-state index in [0.29, 0.717) is 33.3 Å². The molecule has 0 aliphatic rings. The van der Waals surface area contributed by atoms with E-state index in [9.17, 15) is 14.7 Å². The highest BCUT2D eigenvalue weighted by atomic mass is 35.5. The Balaban J connectivity index is 1.77. The Morgan fingerprint density at radius 3 is 2.24 bits per heavy atom. The zero-order chi connectivity index (χ0) is 32.1. The molecule has 2 aromatic heterocycles. The molecule has 6 nitrogen and oxygen atoms in total. The van der Waals surface area contributed by atoms with Crippen LogP contribution in [0, 0.1) is 5.92 Å². The Kier molecular flexibility index (Phi) is 10.3. The molecular weight excluding hydrogens is 602 g/mol. The van der Waals surface area contributed by atoms with Crippen molar-refractivity contribution in [3.63, 3.8) is 0 Å². The first-order valence-corrected chi connectivity index (χ1v) is 16.6. The fourth-order valence-electron chi connectivity index (χ4n) is 5.64. The molecule has 232 valence electrons. The van der Waals surface area contributed by atoms with Crippen LogP contribution in [-0.2, 0) is 19.3 Å². The second-order valence-electron chi connectivity index (χ2n) is 11.5. The molecule has 0 radical (unpaired) electrons. The van der Waals surface area contributed by atoms with E-state index in [1.807, 2.05) is 78.2 Å². The number of hydrogen-bond acceptors (Lipinski definition) is 5. The van der Waals surface area contributed by atoms with Crippen molar-refractivity contribution < 1.29 is 9.90 Å². The van der Waals surface area contributed by atoms with E-state index in [0.717, 1.165) is 46.5 Å². The van der Waals surface area contributed by atoms with E-state index in [1.165, 1.54) is 11.3 Å². The predicted octanol–water partition coefficient (Wildman–Crippen LogP) is 8.07. The smallest absolute Gasteiger partial charge is 0.265 e. The molecule has 0 aliphatic heterocycles. The Labute approximate surface area is 273 Å². The Bertz CT molecular complexity index is 1820. The molecule has 3 aromatic carbocycles. The maximum Gasteiger partial charge on any atom is 0.265 e. The van der Waals surface area contributed by atoms with Gasteiger partial charge >= 0.3 is 0 Å². The molecule has 1 amide bonds. The van der Waals surface area contributed by atoms with E-state index in [4.69, 9.17) is 16.6 Å². The van der Waals surface area contributed by atoms with Crippen LogP contribution >= 0.6 is 22.9 Å². The Morgan fingerprint density at radius 1 is 0.978 bits per heavy atom. The first-order chi connectivity index (χ1) is 21.7. The molecule has 1 atom stereocenters. The highest BCUT2D eigenvalue weighted by molar-refractivity contribution is 7.13. The standard InChI is InChI=1S/C37H38ClN3O3S/c1-5-24-13-10-14-25(6-2)34(24)41-33(19-23(3)4)29(35(43)39-31(21-42)26-11-8-7-9-12-26)20-30(37(41)44)36-40-32(22-45-36)27-15-17-28(38)18-16-27/h7-18,20,22-23,31,42H,5-6,19,21H2,1-4H3,(H,39,43)/t31-/m0/s1. The van der Waals surface area contributed by atoms with Crippen molar-refractivity contribution in [1.82, 2.24) is 14.9 Å². The number of aryl methyl sites for hydroxylation is 2. The topological polar surface area (TPSA) is 84.2 Å². The van der Waals surface area contributed by atoms with Gasteiger partial charge in [0, 0.05) is 21.7 Å². The van der Waals surface area contributed by atoms with Gasteiger partial charge < -0.3 is 10.4 Å². The van der Waals surface area contributed by atoms with Crippen LogP contribution in [0.15, 0.2) is 89.0 Å². The number of carbonyl (C=O) groups is 1. The molecule has 0 aliphatic carbocycles. The summed E-state index contributed by atoms with van der Waals surface area (Å²) in [4.78, 5) is 33.8. The molecule has 2 heterocycles. The largest absolute Gasteiger partial charge is 0.394 e. The maximum absolute atomic E-state index is 14.7. The first-order valence-electron chi connectivity index (χ1n) is 15.3. The SMILES string of the molecule is CCc1cccc(CC)c1-n1c(CC(C)C)c(C(=O)N[C@@H](CO)c2ccccc2)cc(-c2nc(-c3ccc(Cl)cc3)cs2)c1=O. The summed E-state index contributed by atoms with van der Waals surface area (Å²) in [5, 5.41) is 16.4. The lowest BCUT2D eigenvalue weighted by Gasteiger charge is -2.24. The number of aliphatic hydroxyl groups excluding tert-OH is 1. The van der Waals surface area contributed by atoms with E-state index >= 15 is 0 Å². The van der Waals surface area contributed by atoms with Crippen LogP contribution < -0.4 is 10.9 Å². The monoisotopic (exact) mass is 639 g/mol. The summed E-state index contributed by atoms with van der Waals surface area (Å²) >= 11 is 7.48. The van der Waals surface area contributed by atoms with Gasteiger partial charge in [-0.1, -0.05) is 100.0 Å². The van der Waals surface area contributed by atoms with Crippen molar-refractivity contribution in [3.8, 4) is 27.5 Å². The molecule has 8 heteroatoms. The predicted molar refractivity (Wildman–Crippen MR) is 185 cm³/mol. The number of amides is 1. The number of nitrogens with one attached hydrogen (secondary N) is 1. The van der Waals surface area contributed by atoms with Gasteiger partial charge in [-0.15, -0.1) is 11.3 Å². The van der Waals surface area contributed by atoms with Crippen LogP contribution in [-0.4, -0.2) is 27.2 Å². The van der Waals surface area contributed by atoms with E-state index in [2.05, 4.69) is 33.0 Å². The van der Waals surface area contributed by atoms with Gasteiger partial charge in [-0.3, -0.25) is 14.2 Å². The highest BCUT2D eigenvalue weighted by Crippen LogP contribution is 2.32. The summed E-state index contributed by atoms with van der Waals surface area (Å²) in [6.45, 7) is 8.05. The number of pyridine rings is 1. The van der Waals surface area contributed by atoms with E-state index < -0.39 is 6.04 Å². The zero-order valence-electron chi connectivity index (χ0n) is 26.0. The summed E-state index contributed by atoms with van der Waals surface area (Å²) in [5.41, 5.74) is 6.47. The fourth-order valence-corrected chi connectivity index (χ4v) is 6.60. The number of para-hydroxylation sites is 1.